The van der Waals surface area contributed by atoms with Gasteiger partial charge in [0.25, 0.3) is 0 Å². The summed E-state index contributed by atoms with van der Waals surface area (Å²) in [6.07, 6.45) is 13.4. The first-order chi connectivity index (χ1) is 22.0. The topological polar surface area (TPSA) is 96.0 Å². The fraction of sp³-hybridized carbons (Fsp3) is 0.897. The third kappa shape index (κ3) is 4.07. The van der Waals surface area contributed by atoms with Crippen LogP contribution in [0.2, 0.25) is 0 Å². The van der Waals surface area contributed by atoms with E-state index in [0.29, 0.717) is 42.1 Å². The van der Waals surface area contributed by atoms with Gasteiger partial charge in [-0.25, -0.2) is 0 Å². The minimum absolute atomic E-state index is 0.0142. The summed E-state index contributed by atoms with van der Waals surface area (Å²) in [5.74, 6) is 2.65. The predicted octanol–water partition coefficient (Wildman–Crippen LogP) is 6.61. The van der Waals surface area contributed by atoms with Gasteiger partial charge in [-0.05, 0) is 149 Å². The molecule has 0 amide bonds. The lowest BCUT2D eigenvalue weighted by atomic mass is 9.45. The molecule has 8 aliphatic carbocycles. The molecule has 8 saturated carbocycles. The third-order valence-electron chi connectivity index (χ3n) is 16.9. The van der Waals surface area contributed by atoms with Gasteiger partial charge in [0.1, 0.15) is 5.60 Å². The minimum atomic E-state index is -0.502. The van der Waals surface area contributed by atoms with Crippen molar-refractivity contribution in [3.63, 3.8) is 0 Å². The summed E-state index contributed by atoms with van der Waals surface area (Å²) in [5, 5.41) is 0. The van der Waals surface area contributed by atoms with E-state index in [-0.39, 0.29) is 52.9 Å². The van der Waals surface area contributed by atoms with Crippen LogP contribution in [0.5, 0.6) is 0 Å². The Balaban J connectivity index is 1.06. The number of carbonyl (C=O) groups excluding carboxylic acids is 4. The highest BCUT2D eigenvalue weighted by atomic mass is 16.6. The van der Waals surface area contributed by atoms with Crippen molar-refractivity contribution in [1.29, 1.82) is 0 Å². The van der Waals surface area contributed by atoms with Crippen molar-refractivity contribution in [3.05, 3.63) is 0 Å². The molecule has 2 aliphatic heterocycles. The average molecular weight is 635 g/mol. The summed E-state index contributed by atoms with van der Waals surface area (Å²) in [4.78, 5) is 53.8. The molecule has 14 atom stereocenters. The first kappa shape index (κ1) is 30.2. The van der Waals surface area contributed by atoms with E-state index < -0.39 is 23.4 Å². The van der Waals surface area contributed by atoms with Crippen LogP contribution in [-0.2, 0) is 33.4 Å². The highest BCUT2D eigenvalue weighted by molar-refractivity contribution is 5.96. The number of rotatable bonds is 8. The zero-order chi connectivity index (χ0) is 31.9. The average Bonchev–Trinajstić information content (AvgIpc) is 3.85. The van der Waals surface area contributed by atoms with Crippen LogP contribution in [0.25, 0.3) is 0 Å². The Labute approximate surface area is 274 Å². The summed E-state index contributed by atoms with van der Waals surface area (Å²) in [5.41, 5.74) is -0.437. The van der Waals surface area contributed by atoms with Gasteiger partial charge in [0.2, 0.25) is 0 Å². The summed E-state index contributed by atoms with van der Waals surface area (Å²) in [6, 6.07) is 0. The molecule has 14 unspecified atom stereocenters. The van der Waals surface area contributed by atoms with Crippen molar-refractivity contribution in [2.45, 2.75) is 110 Å². The molecule has 0 spiro atoms. The summed E-state index contributed by atoms with van der Waals surface area (Å²) in [7, 11) is 0. The van der Waals surface area contributed by atoms with E-state index in [1.54, 1.807) is 0 Å². The van der Waals surface area contributed by atoms with Gasteiger partial charge in [-0.2, -0.15) is 0 Å². The van der Waals surface area contributed by atoms with E-state index in [9.17, 15) is 14.4 Å². The molecule has 252 valence electrons. The van der Waals surface area contributed by atoms with E-state index in [0.717, 1.165) is 56.3 Å². The maximum Gasteiger partial charge on any atom is 0.317 e. The number of hydrogen-bond donors (Lipinski definition) is 0. The number of fused-ring (bicyclic) bond motifs is 7. The van der Waals surface area contributed by atoms with Gasteiger partial charge in [0, 0.05) is 11.3 Å². The van der Waals surface area contributed by atoms with Crippen LogP contribution >= 0.6 is 0 Å². The van der Waals surface area contributed by atoms with E-state index in [1.165, 1.54) is 38.5 Å². The van der Waals surface area contributed by atoms with Gasteiger partial charge in [-0.1, -0.05) is 20.8 Å². The van der Waals surface area contributed by atoms with E-state index in [1.807, 2.05) is 6.92 Å². The molecule has 2 heterocycles. The van der Waals surface area contributed by atoms with Crippen LogP contribution in [0.15, 0.2) is 0 Å². The van der Waals surface area contributed by atoms with Crippen LogP contribution in [0.3, 0.4) is 0 Å². The normalized spacial score (nSPS) is 53.0. The van der Waals surface area contributed by atoms with Crippen LogP contribution in [0.1, 0.15) is 105 Å². The Morgan fingerprint density at radius 2 is 1.54 bits per heavy atom. The molecule has 8 bridgehead atoms. The fourth-order valence-corrected chi connectivity index (χ4v) is 15.1. The van der Waals surface area contributed by atoms with Gasteiger partial charge in [-0.3, -0.25) is 19.2 Å². The second-order valence-corrected chi connectivity index (χ2v) is 18.5. The molecule has 0 aromatic rings. The van der Waals surface area contributed by atoms with E-state index in [4.69, 9.17) is 14.2 Å². The second kappa shape index (κ2) is 10.3. The van der Waals surface area contributed by atoms with Crippen molar-refractivity contribution < 1.29 is 33.4 Å². The summed E-state index contributed by atoms with van der Waals surface area (Å²) >= 11 is 0. The molecular weight excluding hydrogens is 580 g/mol. The van der Waals surface area contributed by atoms with Crippen molar-refractivity contribution in [1.82, 2.24) is 0 Å². The largest absolute Gasteiger partial charge is 0.465 e. The number of cyclic esters (lactones) is 3. The highest BCUT2D eigenvalue weighted by Gasteiger charge is 2.66. The van der Waals surface area contributed by atoms with Gasteiger partial charge >= 0.3 is 23.9 Å². The molecule has 10 fully saturated rings. The molecule has 46 heavy (non-hydrogen) atoms. The van der Waals surface area contributed by atoms with Crippen molar-refractivity contribution >= 4 is 23.9 Å². The van der Waals surface area contributed by atoms with Gasteiger partial charge < -0.3 is 14.2 Å². The van der Waals surface area contributed by atoms with E-state index >= 15 is 4.79 Å². The van der Waals surface area contributed by atoms with E-state index in [2.05, 4.69) is 20.8 Å². The van der Waals surface area contributed by atoms with Crippen molar-refractivity contribution in [3.8, 4) is 0 Å². The third-order valence-corrected chi connectivity index (χ3v) is 16.9. The zero-order valence-electron chi connectivity index (χ0n) is 28.3. The Morgan fingerprint density at radius 3 is 2.17 bits per heavy atom. The standard InChI is InChI=1S/C39H54O7/c1-5-38(4,39-14-20-8-21(15-39)10-22(9-20)16-39)46-35(41)28(12-25-18(2)26-13-27(25)29-17-44-36(42)33(26)29)31-23-6-7-24(11-23)32(31)30-19(3)34(40)45-37(30)43/h18-33H,5-17H2,1-4H3. The molecule has 0 radical (unpaired) electrons. The Hall–Kier alpha value is -1.92. The van der Waals surface area contributed by atoms with Crippen LogP contribution in [-0.4, -0.2) is 36.1 Å². The van der Waals surface area contributed by atoms with Crippen molar-refractivity contribution in [2.24, 2.45) is 100 Å². The smallest absolute Gasteiger partial charge is 0.317 e. The first-order valence-corrected chi connectivity index (χ1v) is 19.2. The lowest BCUT2D eigenvalue weighted by molar-refractivity contribution is -0.212. The molecule has 0 N–H and O–H groups in total. The summed E-state index contributed by atoms with van der Waals surface area (Å²) in [6.45, 7) is 9.16. The second-order valence-electron chi connectivity index (χ2n) is 18.5. The fourth-order valence-electron chi connectivity index (χ4n) is 15.1. The molecule has 7 nitrogen and oxygen atoms in total. The summed E-state index contributed by atoms with van der Waals surface area (Å²) < 4.78 is 17.9. The Morgan fingerprint density at radius 1 is 0.870 bits per heavy atom. The zero-order valence-corrected chi connectivity index (χ0v) is 28.3. The number of esters is 4. The van der Waals surface area contributed by atoms with Crippen LogP contribution in [0, 0.1) is 100 Å². The SMILES string of the molecule is CCC(C)(OC(=O)C(CC1C(C)C2CC1C1COC(=O)C21)C1C2CCC(C2)C1C1C(=O)OC(=O)C1C)C12CC3CC(CC(C3)C1)C2. The minimum Gasteiger partial charge on any atom is -0.465 e. The maximum absolute atomic E-state index is 15.2. The maximum atomic E-state index is 15.2. The molecule has 7 heteroatoms. The Kier molecular flexibility index (Phi) is 6.75. The molecule has 0 aromatic heterocycles. The number of carbonyl (C=O) groups is 4. The first-order valence-electron chi connectivity index (χ1n) is 19.2. The highest BCUT2D eigenvalue weighted by Crippen LogP contribution is 2.67. The monoisotopic (exact) mass is 634 g/mol. The molecule has 2 saturated heterocycles. The number of hydrogen-bond acceptors (Lipinski definition) is 7. The molecule has 10 rings (SSSR count). The Bertz CT molecular complexity index is 1300. The molecule has 10 aliphatic rings. The van der Waals surface area contributed by atoms with Crippen LogP contribution in [0.4, 0.5) is 0 Å². The van der Waals surface area contributed by atoms with Crippen molar-refractivity contribution in [2.75, 3.05) is 6.61 Å². The number of ether oxygens (including phenoxy) is 3. The molecule has 0 aromatic carbocycles. The van der Waals surface area contributed by atoms with Gasteiger partial charge in [-0.15, -0.1) is 0 Å². The molecular formula is C39H54O7. The lowest BCUT2D eigenvalue weighted by Gasteiger charge is -2.62. The quantitative estimate of drug-likeness (QED) is 0.168. The lowest BCUT2D eigenvalue weighted by Crippen LogP contribution is -2.59. The van der Waals surface area contributed by atoms with Gasteiger partial charge in [0.05, 0.1) is 30.3 Å². The van der Waals surface area contributed by atoms with Crippen LogP contribution < -0.4 is 0 Å². The predicted molar refractivity (Wildman–Crippen MR) is 167 cm³/mol. The van der Waals surface area contributed by atoms with Gasteiger partial charge in [0.15, 0.2) is 0 Å².